The first-order chi connectivity index (χ1) is 8.89. The van der Waals surface area contributed by atoms with E-state index in [0.717, 1.165) is 30.5 Å². The zero-order chi connectivity index (χ0) is 14.0. The van der Waals surface area contributed by atoms with Crippen molar-refractivity contribution in [2.45, 2.75) is 45.1 Å². The van der Waals surface area contributed by atoms with Crippen molar-refractivity contribution in [3.8, 4) is 0 Å². The minimum Gasteiger partial charge on any atom is -0.337 e. The molecule has 1 fully saturated rings. The molecule has 1 aliphatic heterocycles. The van der Waals surface area contributed by atoms with E-state index < -0.39 is 0 Å². The summed E-state index contributed by atoms with van der Waals surface area (Å²) in [6.45, 7) is 7.92. The fraction of sp³-hybridized carbons (Fsp3) is 0.562. The van der Waals surface area contributed by atoms with Crippen LogP contribution >= 0.6 is 0 Å². The third-order valence-electron chi connectivity index (χ3n) is 3.71. The van der Waals surface area contributed by atoms with Gasteiger partial charge in [-0.3, -0.25) is 4.79 Å². The van der Waals surface area contributed by atoms with Gasteiger partial charge in [-0.15, -0.1) is 0 Å². The monoisotopic (exact) mass is 260 g/mol. The van der Waals surface area contributed by atoms with E-state index in [1.807, 2.05) is 23.1 Å². The van der Waals surface area contributed by atoms with Crippen molar-refractivity contribution in [2.75, 3.05) is 13.1 Å². The maximum Gasteiger partial charge on any atom is 0.254 e. The molecule has 1 aromatic carbocycles. The molecule has 3 heteroatoms. The highest BCUT2D eigenvalue weighted by molar-refractivity contribution is 5.96. The highest BCUT2D eigenvalue weighted by Crippen LogP contribution is 2.27. The van der Waals surface area contributed by atoms with E-state index in [0.29, 0.717) is 6.54 Å². The molecule has 1 amide bonds. The Labute approximate surface area is 115 Å². The summed E-state index contributed by atoms with van der Waals surface area (Å²) in [5.41, 5.74) is 7.88. The maximum atomic E-state index is 12.7. The van der Waals surface area contributed by atoms with Gasteiger partial charge in [0.15, 0.2) is 0 Å². The number of nitrogens with zero attached hydrogens (tertiary/aromatic N) is 1. The second kappa shape index (κ2) is 5.33. The molecule has 1 aromatic rings. The van der Waals surface area contributed by atoms with Gasteiger partial charge in [-0.1, -0.05) is 39.0 Å². The van der Waals surface area contributed by atoms with Crippen molar-refractivity contribution >= 4 is 5.91 Å². The van der Waals surface area contributed by atoms with Crippen molar-refractivity contribution in [3.63, 3.8) is 0 Å². The van der Waals surface area contributed by atoms with E-state index in [2.05, 4.69) is 26.8 Å². The van der Waals surface area contributed by atoms with Gasteiger partial charge in [0.1, 0.15) is 0 Å². The second-order valence-electron chi connectivity index (χ2n) is 6.45. The van der Waals surface area contributed by atoms with Crippen LogP contribution < -0.4 is 5.73 Å². The molecule has 104 valence electrons. The first-order valence-electron chi connectivity index (χ1n) is 7.04. The minimum absolute atomic E-state index is 0.0237. The average Bonchev–Trinajstić information content (AvgIpc) is 2.37. The molecule has 1 heterocycles. The van der Waals surface area contributed by atoms with Gasteiger partial charge in [0.05, 0.1) is 0 Å². The Hall–Kier alpha value is -1.35. The molecule has 0 saturated carbocycles. The van der Waals surface area contributed by atoms with Crippen LogP contribution in [-0.2, 0) is 5.41 Å². The van der Waals surface area contributed by atoms with Crippen molar-refractivity contribution in [2.24, 2.45) is 5.73 Å². The van der Waals surface area contributed by atoms with E-state index in [9.17, 15) is 4.79 Å². The topological polar surface area (TPSA) is 46.3 Å². The predicted octanol–water partition coefficient (Wildman–Crippen LogP) is 2.55. The molecule has 1 aliphatic rings. The van der Waals surface area contributed by atoms with E-state index in [1.54, 1.807) is 0 Å². The van der Waals surface area contributed by atoms with Gasteiger partial charge >= 0.3 is 0 Å². The molecule has 0 bridgehead atoms. The summed E-state index contributed by atoms with van der Waals surface area (Å²) in [6, 6.07) is 8.05. The highest BCUT2D eigenvalue weighted by Gasteiger charge is 2.26. The number of carbonyl (C=O) groups is 1. The molecular weight excluding hydrogens is 236 g/mol. The van der Waals surface area contributed by atoms with Crippen LogP contribution in [-0.4, -0.2) is 29.9 Å². The van der Waals surface area contributed by atoms with Crippen LogP contribution in [0, 0.1) is 0 Å². The van der Waals surface area contributed by atoms with Crippen LogP contribution in [0.2, 0.25) is 0 Å². The van der Waals surface area contributed by atoms with Crippen LogP contribution in [0.15, 0.2) is 24.3 Å². The summed E-state index contributed by atoms with van der Waals surface area (Å²) in [6.07, 6.45) is 2.02. The molecule has 0 radical (unpaired) electrons. The Balaban J connectivity index is 2.29. The number of hydrogen-bond donors (Lipinski definition) is 1. The molecule has 1 atom stereocenters. The Kier molecular flexibility index (Phi) is 3.95. The van der Waals surface area contributed by atoms with Crippen LogP contribution in [0.5, 0.6) is 0 Å². The van der Waals surface area contributed by atoms with Crippen LogP contribution in [0.3, 0.4) is 0 Å². The molecule has 0 spiro atoms. The third kappa shape index (κ3) is 3.16. The SMILES string of the molecule is CC(C)(C)c1ccccc1C(=O)N1CCCC(N)C1. The third-order valence-corrected chi connectivity index (χ3v) is 3.71. The number of hydrogen-bond acceptors (Lipinski definition) is 2. The summed E-state index contributed by atoms with van der Waals surface area (Å²) in [7, 11) is 0. The Morgan fingerprint density at radius 3 is 2.63 bits per heavy atom. The summed E-state index contributed by atoms with van der Waals surface area (Å²) < 4.78 is 0. The zero-order valence-corrected chi connectivity index (χ0v) is 12.1. The molecule has 2 rings (SSSR count). The van der Waals surface area contributed by atoms with Gasteiger partial charge in [0.25, 0.3) is 5.91 Å². The van der Waals surface area contributed by atoms with Crippen molar-refractivity contribution in [1.29, 1.82) is 0 Å². The smallest absolute Gasteiger partial charge is 0.254 e. The lowest BCUT2D eigenvalue weighted by atomic mass is 9.83. The van der Waals surface area contributed by atoms with Gasteiger partial charge in [-0.2, -0.15) is 0 Å². The lowest BCUT2D eigenvalue weighted by Crippen LogP contribution is -2.46. The van der Waals surface area contributed by atoms with Gasteiger partial charge in [0.2, 0.25) is 0 Å². The zero-order valence-electron chi connectivity index (χ0n) is 12.1. The molecule has 3 nitrogen and oxygen atoms in total. The van der Waals surface area contributed by atoms with E-state index in [4.69, 9.17) is 5.73 Å². The van der Waals surface area contributed by atoms with Crippen LogP contribution in [0.25, 0.3) is 0 Å². The first kappa shape index (κ1) is 14.1. The Morgan fingerprint density at radius 1 is 1.32 bits per heavy atom. The highest BCUT2D eigenvalue weighted by atomic mass is 16.2. The standard InChI is InChI=1S/C16H24N2O/c1-16(2,3)14-9-5-4-8-13(14)15(19)18-10-6-7-12(17)11-18/h4-5,8-9,12H,6-7,10-11,17H2,1-3H3. The minimum atomic E-state index is -0.0237. The van der Waals surface area contributed by atoms with Crippen molar-refractivity contribution in [1.82, 2.24) is 4.90 Å². The molecule has 1 unspecified atom stereocenters. The van der Waals surface area contributed by atoms with E-state index in [1.165, 1.54) is 0 Å². The summed E-state index contributed by atoms with van der Waals surface area (Å²) >= 11 is 0. The van der Waals surface area contributed by atoms with Gasteiger partial charge in [0, 0.05) is 24.7 Å². The molecule has 0 aromatic heterocycles. The molecular formula is C16H24N2O. The predicted molar refractivity (Wildman–Crippen MR) is 78.3 cm³/mol. The van der Waals surface area contributed by atoms with Crippen molar-refractivity contribution < 1.29 is 4.79 Å². The number of amides is 1. The molecule has 2 N–H and O–H groups in total. The van der Waals surface area contributed by atoms with Gasteiger partial charge < -0.3 is 10.6 Å². The normalized spacial score (nSPS) is 20.4. The summed E-state index contributed by atoms with van der Waals surface area (Å²) in [4.78, 5) is 14.6. The number of nitrogens with two attached hydrogens (primary N) is 1. The van der Waals surface area contributed by atoms with Crippen LogP contribution in [0.4, 0.5) is 0 Å². The fourth-order valence-electron chi connectivity index (χ4n) is 2.69. The Morgan fingerprint density at radius 2 is 2.00 bits per heavy atom. The summed E-state index contributed by atoms with van der Waals surface area (Å²) in [5, 5.41) is 0. The van der Waals surface area contributed by atoms with Crippen LogP contribution in [0.1, 0.15) is 49.5 Å². The first-order valence-corrected chi connectivity index (χ1v) is 7.04. The largest absolute Gasteiger partial charge is 0.337 e. The van der Waals surface area contributed by atoms with E-state index >= 15 is 0 Å². The fourth-order valence-corrected chi connectivity index (χ4v) is 2.69. The number of benzene rings is 1. The molecule has 19 heavy (non-hydrogen) atoms. The molecule has 1 saturated heterocycles. The lowest BCUT2D eigenvalue weighted by molar-refractivity contribution is 0.0706. The number of piperidine rings is 1. The van der Waals surface area contributed by atoms with E-state index in [-0.39, 0.29) is 17.4 Å². The number of carbonyl (C=O) groups excluding carboxylic acids is 1. The maximum absolute atomic E-state index is 12.7. The quantitative estimate of drug-likeness (QED) is 0.843. The lowest BCUT2D eigenvalue weighted by Gasteiger charge is -2.32. The van der Waals surface area contributed by atoms with Gasteiger partial charge in [-0.05, 0) is 29.9 Å². The number of rotatable bonds is 1. The average molecular weight is 260 g/mol. The summed E-state index contributed by atoms with van der Waals surface area (Å²) in [5.74, 6) is 0.126. The molecule has 0 aliphatic carbocycles. The van der Waals surface area contributed by atoms with Gasteiger partial charge in [-0.25, -0.2) is 0 Å². The van der Waals surface area contributed by atoms with Crippen molar-refractivity contribution in [3.05, 3.63) is 35.4 Å². The Bertz CT molecular complexity index is 462. The second-order valence-corrected chi connectivity index (χ2v) is 6.45. The number of likely N-dealkylation sites (tertiary alicyclic amines) is 1.